The SMILES string of the molecule is S=c1[nH]c2cc(Cl)c(Cl)cc2n1CCC1=CCCCC1. The number of aromatic amines is 1. The maximum Gasteiger partial charge on any atom is 0.178 e. The number of aromatic nitrogens is 2. The van der Waals surface area contributed by atoms with E-state index in [0.29, 0.717) is 10.0 Å². The third kappa shape index (κ3) is 2.80. The standard InChI is InChI=1S/C15H16Cl2N2S/c16-11-8-13-14(9-12(11)17)19(15(20)18-13)7-6-10-4-2-1-3-5-10/h4,8-9H,1-3,5-7H2,(H,18,20). The molecule has 1 aliphatic carbocycles. The highest BCUT2D eigenvalue weighted by molar-refractivity contribution is 7.71. The van der Waals surface area contributed by atoms with Crippen molar-refractivity contribution in [2.45, 2.75) is 38.6 Å². The first kappa shape index (κ1) is 14.2. The Labute approximate surface area is 133 Å². The second-order valence-electron chi connectivity index (χ2n) is 5.22. The van der Waals surface area contributed by atoms with Gasteiger partial charge in [-0.3, -0.25) is 0 Å². The predicted octanol–water partition coefficient (Wildman–Crippen LogP) is 5.90. The number of imidazole rings is 1. The Kier molecular flexibility index (Phi) is 4.20. The maximum absolute atomic E-state index is 6.11. The molecule has 1 N–H and O–H groups in total. The fraction of sp³-hybridized carbons (Fsp3) is 0.400. The molecule has 0 radical (unpaired) electrons. The molecule has 1 aromatic carbocycles. The van der Waals surface area contributed by atoms with Gasteiger partial charge in [0.15, 0.2) is 4.77 Å². The van der Waals surface area contributed by atoms with Crippen LogP contribution < -0.4 is 0 Å². The molecule has 0 saturated heterocycles. The molecule has 1 heterocycles. The van der Waals surface area contributed by atoms with Crippen molar-refractivity contribution < 1.29 is 0 Å². The molecular formula is C15H16Cl2N2S. The lowest BCUT2D eigenvalue weighted by atomic mass is 9.97. The summed E-state index contributed by atoms with van der Waals surface area (Å²) in [5.74, 6) is 0. The summed E-state index contributed by atoms with van der Waals surface area (Å²) in [4.78, 5) is 3.20. The van der Waals surface area contributed by atoms with Crippen molar-refractivity contribution in [1.29, 1.82) is 0 Å². The normalized spacial score (nSPS) is 15.6. The molecule has 5 heteroatoms. The van der Waals surface area contributed by atoms with Crippen molar-refractivity contribution in [3.63, 3.8) is 0 Å². The van der Waals surface area contributed by atoms with Gasteiger partial charge in [0.1, 0.15) is 0 Å². The summed E-state index contributed by atoms with van der Waals surface area (Å²) < 4.78 is 2.84. The number of allylic oxidation sites excluding steroid dienone is 2. The van der Waals surface area contributed by atoms with Gasteiger partial charge in [-0.2, -0.15) is 0 Å². The van der Waals surface area contributed by atoms with Crippen LogP contribution in [0.3, 0.4) is 0 Å². The second-order valence-corrected chi connectivity index (χ2v) is 6.42. The van der Waals surface area contributed by atoms with E-state index in [0.717, 1.165) is 28.8 Å². The minimum absolute atomic E-state index is 0.553. The maximum atomic E-state index is 6.11. The summed E-state index contributed by atoms with van der Waals surface area (Å²) in [6.45, 7) is 0.891. The monoisotopic (exact) mass is 326 g/mol. The van der Waals surface area contributed by atoms with Crippen molar-refractivity contribution in [2.24, 2.45) is 0 Å². The molecular weight excluding hydrogens is 311 g/mol. The van der Waals surface area contributed by atoms with Gasteiger partial charge in [0, 0.05) is 6.54 Å². The fourth-order valence-electron chi connectivity index (χ4n) is 2.76. The highest BCUT2D eigenvalue weighted by Crippen LogP contribution is 2.28. The molecule has 1 aliphatic rings. The van der Waals surface area contributed by atoms with Crippen molar-refractivity contribution in [1.82, 2.24) is 9.55 Å². The molecule has 2 nitrogen and oxygen atoms in total. The minimum atomic E-state index is 0.553. The van der Waals surface area contributed by atoms with Gasteiger partial charge in [0.2, 0.25) is 0 Å². The first-order valence-electron chi connectivity index (χ1n) is 6.90. The zero-order valence-electron chi connectivity index (χ0n) is 11.1. The van der Waals surface area contributed by atoms with Crippen LogP contribution >= 0.6 is 35.4 Å². The number of hydrogen-bond donors (Lipinski definition) is 1. The summed E-state index contributed by atoms with van der Waals surface area (Å²) in [5, 5.41) is 1.12. The smallest absolute Gasteiger partial charge is 0.178 e. The lowest BCUT2D eigenvalue weighted by molar-refractivity contribution is 0.630. The van der Waals surface area contributed by atoms with Crippen molar-refractivity contribution in [2.75, 3.05) is 0 Å². The Balaban J connectivity index is 1.90. The highest BCUT2D eigenvalue weighted by Gasteiger charge is 2.09. The van der Waals surface area contributed by atoms with Gasteiger partial charge >= 0.3 is 0 Å². The van der Waals surface area contributed by atoms with Gasteiger partial charge in [-0.05, 0) is 56.5 Å². The summed E-state index contributed by atoms with van der Waals surface area (Å²) in [5.41, 5.74) is 3.52. The largest absolute Gasteiger partial charge is 0.331 e. The number of rotatable bonds is 3. The predicted molar refractivity (Wildman–Crippen MR) is 88.3 cm³/mol. The van der Waals surface area contributed by atoms with Crippen molar-refractivity contribution in [3.8, 4) is 0 Å². The van der Waals surface area contributed by atoms with Gasteiger partial charge in [-0.25, -0.2) is 0 Å². The van der Waals surface area contributed by atoms with Crippen LogP contribution in [0.1, 0.15) is 32.1 Å². The van der Waals surface area contributed by atoms with Crippen molar-refractivity contribution >= 4 is 46.5 Å². The molecule has 1 aromatic heterocycles. The fourth-order valence-corrected chi connectivity index (χ4v) is 3.38. The highest BCUT2D eigenvalue weighted by atomic mass is 35.5. The number of benzene rings is 1. The van der Waals surface area contributed by atoms with Crippen molar-refractivity contribution in [3.05, 3.63) is 38.6 Å². The van der Waals surface area contributed by atoms with Crippen LogP contribution in [-0.2, 0) is 6.54 Å². The van der Waals surface area contributed by atoms with Gasteiger partial charge in [-0.15, -0.1) is 0 Å². The zero-order valence-corrected chi connectivity index (χ0v) is 13.4. The molecule has 0 aliphatic heterocycles. The first-order valence-corrected chi connectivity index (χ1v) is 8.07. The van der Waals surface area contributed by atoms with Crippen LogP contribution in [0.2, 0.25) is 10.0 Å². The second kappa shape index (κ2) is 5.92. The number of halogens is 2. The lowest BCUT2D eigenvalue weighted by Crippen LogP contribution is -2.01. The van der Waals surface area contributed by atoms with Crippen LogP contribution in [-0.4, -0.2) is 9.55 Å². The van der Waals surface area contributed by atoms with Crippen LogP contribution in [0.15, 0.2) is 23.8 Å². The Morgan fingerprint density at radius 1 is 1.20 bits per heavy atom. The molecule has 0 atom stereocenters. The summed E-state index contributed by atoms with van der Waals surface area (Å²) >= 11 is 17.6. The lowest BCUT2D eigenvalue weighted by Gasteiger charge is -2.13. The van der Waals surface area contributed by atoms with Gasteiger partial charge < -0.3 is 9.55 Å². The topological polar surface area (TPSA) is 20.7 Å². The zero-order chi connectivity index (χ0) is 14.1. The van der Waals surface area contributed by atoms with E-state index >= 15 is 0 Å². The number of nitrogens with one attached hydrogen (secondary N) is 1. The number of H-pyrrole nitrogens is 1. The molecule has 0 amide bonds. The average Bonchev–Trinajstić information content (AvgIpc) is 2.73. The molecule has 0 unspecified atom stereocenters. The average molecular weight is 327 g/mol. The van der Waals surface area contributed by atoms with Gasteiger partial charge in [0.05, 0.1) is 21.1 Å². The molecule has 0 bridgehead atoms. The number of nitrogens with zero attached hydrogens (tertiary/aromatic N) is 1. The Bertz CT molecular complexity index is 727. The Morgan fingerprint density at radius 2 is 2.00 bits per heavy atom. The molecule has 2 aromatic rings. The Hall–Kier alpha value is -0.770. The van der Waals surface area contributed by atoms with Gasteiger partial charge in [0.25, 0.3) is 0 Å². The summed E-state index contributed by atoms with van der Waals surface area (Å²) in [6.07, 6.45) is 8.52. The number of hydrogen-bond acceptors (Lipinski definition) is 1. The third-order valence-corrected chi connectivity index (χ3v) is 4.90. The van der Waals surface area contributed by atoms with Gasteiger partial charge in [-0.1, -0.05) is 34.9 Å². The summed E-state index contributed by atoms with van der Waals surface area (Å²) in [6, 6.07) is 3.73. The summed E-state index contributed by atoms with van der Waals surface area (Å²) in [7, 11) is 0. The van der Waals surface area contributed by atoms with E-state index in [1.807, 2.05) is 12.1 Å². The molecule has 3 rings (SSSR count). The van der Waals surface area contributed by atoms with E-state index in [2.05, 4.69) is 15.6 Å². The molecule has 106 valence electrons. The first-order chi connectivity index (χ1) is 9.65. The van der Waals surface area contributed by atoms with Crippen LogP contribution in [0.25, 0.3) is 11.0 Å². The number of aryl methyl sites for hydroxylation is 1. The molecule has 0 fully saturated rings. The van der Waals surface area contributed by atoms with E-state index in [4.69, 9.17) is 35.4 Å². The van der Waals surface area contributed by atoms with E-state index in [1.54, 1.807) is 5.57 Å². The Morgan fingerprint density at radius 3 is 2.75 bits per heavy atom. The third-order valence-electron chi connectivity index (χ3n) is 3.86. The number of fused-ring (bicyclic) bond motifs is 1. The van der Waals surface area contributed by atoms with E-state index in [-0.39, 0.29) is 0 Å². The minimum Gasteiger partial charge on any atom is -0.331 e. The van der Waals surface area contributed by atoms with Crippen LogP contribution in [0, 0.1) is 4.77 Å². The van der Waals surface area contributed by atoms with E-state index in [1.165, 1.54) is 25.7 Å². The van der Waals surface area contributed by atoms with Crippen LogP contribution in [0.4, 0.5) is 0 Å². The molecule has 0 saturated carbocycles. The van der Waals surface area contributed by atoms with Crippen LogP contribution in [0.5, 0.6) is 0 Å². The molecule has 0 spiro atoms. The van der Waals surface area contributed by atoms with E-state index in [9.17, 15) is 0 Å². The van der Waals surface area contributed by atoms with E-state index < -0.39 is 0 Å². The quantitative estimate of drug-likeness (QED) is 0.550. The molecule has 20 heavy (non-hydrogen) atoms.